The molecule has 8 heteroatoms. The molecule has 0 aromatic rings. The maximum atomic E-state index is 11.7. The van der Waals surface area contributed by atoms with Gasteiger partial charge < -0.3 is 21.7 Å². The molecule has 0 fully saturated rings. The summed E-state index contributed by atoms with van der Waals surface area (Å²) in [7, 11) is 0. The van der Waals surface area contributed by atoms with Crippen LogP contribution in [0.3, 0.4) is 0 Å². The smallest absolute Gasteiger partial charge is 0.323 e. The summed E-state index contributed by atoms with van der Waals surface area (Å²) in [6.45, 7) is 5.88. The lowest BCUT2D eigenvalue weighted by molar-refractivity contribution is -0.202. The van der Waals surface area contributed by atoms with Crippen LogP contribution in [0.4, 0.5) is 0 Å². The van der Waals surface area contributed by atoms with E-state index in [1.54, 1.807) is 0 Å². The van der Waals surface area contributed by atoms with Gasteiger partial charge in [-0.2, -0.15) is 5.06 Å². The van der Waals surface area contributed by atoms with E-state index in [0.29, 0.717) is 39.0 Å². The van der Waals surface area contributed by atoms with Gasteiger partial charge in [0.15, 0.2) is 5.96 Å². The second-order valence-corrected chi connectivity index (χ2v) is 10.1. The Balaban J connectivity index is 3.83. The second-order valence-electron chi connectivity index (χ2n) is 10.1. The van der Waals surface area contributed by atoms with E-state index < -0.39 is 12.0 Å². The zero-order chi connectivity index (χ0) is 26.2. The molecule has 0 heterocycles. The summed E-state index contributed by atoms with van der Waals surface area (Å²) in [5, 5.41) is 20.3. The largest absolute Gasteiger partial charge is 0.480 e. The first-order valence-corrected chi connectivity index (χ1v) is 14.2. The number of nitrogens with zero attached hydrogens (tertiary/aromatic N) is 2. The van der Waals surface area contributed by atoms with E-state index in [2.05, 4.69) is 18.8 Å². The average molecular weight is 501 g/mol. The number of nitrogens with two attached hydrogens (primary N) is 2. The van der Waals surface area contributed by atoms with Gasteiger partial charge in [-0.3, -0.25) is 14.6 Å². The molecule has 0 unspecified atom stereocenters. The molecule has 0 aliphatic carbocycles. The van der Waals surface area contributed by atoms with Crippen molar-refractivity contribution in [1.29, 1.82) is 0 Å². The maximum Gasteiger partial charge on any atom is 0.323 e. The van der Waals surface area contributed by atoms with Crippen molar-refractivity contribution in [3.63, 3.8) is 0 Å². The lowest BCUT2D eigenvalue weighted by atomic mass is 10.0. The van der Waals surface area contributed by atoms with E-state index in [1.165, 1.54) is 82.1 Å². The highest BCUT2D eigenvalue weighted by molar-refractivity contribution is 5.75. The molecule has 0 aromatic heterocycles. The Bertz CT molecular complexity index is 513. The van der Waals surface area contributed by atoms with Crippen LogP contribution < -0.4 is 11.5 Å². The minimum Gasteiger partial charge on any atom is -0.480 e. The fraction of sp³-hybridized carbons (Fsp3) is 0.926. The van der Waals surface area contributed by atoms with Gasteiger partial charge >= 0.3 is 5.97 Å². The van der Waals surface area contributed by atoms with Crippen LogP contribution in [0.25, 0.3) is 0 Å². The van der Waals surface area contributed by atoms with Crippen molar-refractivity contribution < 1.29 is 19.8 Å². The SMILES string of the molecule is CC(C)CCCCCCCCCCCCCCCON(CCCO)[C@@H](CCCN=C(N)N)C(=O)O. The number of aliphatic hydroxyl groups is 1. The average Bonchev–Trinajstić information content (AvgIpc) is 2.80. The number of carbonyl (C=O) groups is 1. The number of carboxylic acids is 1. The van der Waals surface area contributed by atoms with E-state index >= 15 is 0 Å². The fourth-order valence-corrected chi connectivity index (χ4v) is 4.20. The number of rotatable bonds is 26. The standard InChI is InChI=1S/C27H56N4O4/c1-24(2)18-14-12-10-8-6-4-3-5-7-9-11-13-15-23-35-31(21-17-22-32)25(26(33)34)19-16-20-30-27(28)29/h24-25,32H,3-23H2,1-2H3,(H,33,34)(H4,28,29,30)/t25-/m0/s1. The van der Waals surface area contributed by atoms with Crippen molar-refractivity contribution in [2.24, 2.45) is 22.4 Å². The number of hydrogen-bond acceptors (Lipinski definition) is 5. The monoisotopic (exact) mass is 500 g/mol. The van der Waals surface area contributed by atoms with Crippen LogP contribution >= 0.6 is 0 Å². The molecule has 0 aromatic carbocycles. The van der Waals surface area contributed by atoms with E-state index in [9.17, 15) is 9.90 Å². The molecule has 0 bridgehead atoms. The zero-order valence-corrected chi connectivity index (χ0v) is 22.8. The number of unbranched alkanes of at least 4 members (excludes halogenated alkanes) is 12. The molecule has 0 aliphatic rings. The maximum absolute atomic E-state index is 11.7. The predicted octanol–water partition coefficient (Wildman–Crippen LogP) is 5.23. The lowest BCUT2D eigenvalue weighted by Gasteiger charge is -2.27. The van der Waals surface area contributed by atoms with Crippen LogP contribution in [-0.2, 0) is 9.63 Å². The first-order valence-electron chi connectivity index (χ1n) is 14.2. The summed E-state index contributed by atoms with van der Waals surface area (Å²) in [6, 6.07) is -0.768. The molecule has 0 saturated carbocycles. The molecule has 0 amide bonds. The molecular formula is C27H56N4O4. The van der Waals surface area contributed by atoms with Crippen molar-refractivity contribution in [2.75, 3.05) is 26.3 Å². The van der Waals surface area contributed by atoms with Gasteiger partial charge in [-0.1, -0.05) is 97.3 Å². The van der Waals surface area contributed by atoms with Crippen LogP contribution in [0.5, 0.6) is 0 Å². The molecule has 0 rings (SSSR count). The lowest BCUT2D eigenvalue weighted by Crippen LogP contribution is -2.42. The summed E-state index contributed by atoms with van der Waals surface area (Å²) < 4.78 is 0. The van der Waals surface area contributed by atoms with Gasteiger partial charge in [0.25, 0.3) is 0 Å². The molecule has 8 nitrogen and oxygen atoms in total. The number of guanidine groups is 1. The van der Waals surface area contributed by atoms with Gasteiger partial charge in [0.2, 0.25) is 0 Å². The third kappa shape index (κ3) is 22.8. The van der Waals surface area contributed by atoms with Gasteiger partial charge in [0, 0.05) is 19.7 Å². The molecule has 0 saturated heterocycles. The van der Waals surface area contributed by atoms with E-state index in [-0.39, 0.29) is 12.6 Å². The Morgan fingerprint density at radius 3 is 1.77 bits per heavy atom. The minimum absolute atomic E-state index is 0.00149. The summed E-state index contributed by atoms with van der Waals surface area (Å²) in [6.07, 6.45) is 19.6. The zero-order valence-electron chi connectivity index (χ0n) is 22.8. The third-order valence-corrected chi connectivity index (χ3v) is 6.28. The van der Waals surface area contributed by atoms with Gasteiger partial charge in [0.1, 0.15) is 6.04 Å². The topological polar surface area (TPSA) is 134 Å². The van der Waals surface area contributed by atoms with Crippen LogP contribution in [0.1, 0.15) is 123 Å². The van der Waals surface area contributed by atoms with Gasteiger partial charge in [-0.25, -0.2) is 0 Å². The number of aliphatic hydroxyl groups excluding tert-OH is 1. The molecule has 208 valence electrons. The Labute approximate surface area is 214 Å². The van der Waals surface area contributed by atoms with Crippen molar-refractivity contribution in [3.8, 4) is 0 Å². The normalized spacial score (nSPS) is 12.4. The van der Waals surface area contributed by atoms with Gasteiger partial charge in [0.05, 0.1) is 6.61 Å². The van der Waals surface area contributed by atoms with Crippen LogP contribution in [0, 0.1) is 5.92 Å². The number of aliphatic carboxylic acids is 1. The number of carboxylic acid groups (broad SMARTS) is 1. The van der Waals surface area contributed by atoms with Crippen molar-refractivity contribution in [1.82, 2.24) is 5.06 Å². The molecule has 0 aliphatic heterocycles. The highest BCUT2D eigenvalue weighted by Gasteiger charge is 2.25. The first-order chi connectivity index (χ1) is 16.9. The third-order valence-electron chi connectivity index (χ3n) is 6.28. The molecular weight excluding hydrogens is 444 g/mol. The predicted molar refractivity (Wildman–Crippen MR) is 145 cm³/mol. The molecule has 1 atom stereocenters. The summed E-state index contributed by atoms with van der Waals surface area (Å²) in [5.41, 5.74) is 10.6. The van der Waals surface area contributed by atoms with Gasteiger partial charge in [-0.05, 0) is 31.6 Å². The van der Waals surface area contributed by atoms with E-state index in [0.717, 1.165) is 18.8 Å². The summed E-state index contributed by atoms with van der Waals surface area (Å²) in [5.74, 6) is -0.0796. The molecule has 0 spiro atoms. The number of aliphatic imine (C=N–C) groups is 1. The Morgan fingerprint density at radius 2 is 1.31 bits per heavy atom. The number of hydrogen-bond donors (Lipinski definition) is 4. The second kappa shape index (κ2) is 24.3. The highest BCUT2D eigenvalue weighted by Crippen LogP contribution is 2.15. The van der Waals surface area contributed by atoms with Crippen molar-refractivity contribution in [2.45, 2.75) is 129 Å². The van der Waals surface area contributed by atoms with Crippen molar-refractivity contribution >= 4 is 11.9 Å². The summed E-state index contributed by atoms with van der Waals surface area (Å²) >= 11 is 0. The number of hydroxylamine groups is 2. The molecule has 35 heavy (non-hydrogen) atoms. The van der Waals surface area contributed by atoms with Crippen LogP contribution in [-0.4, -0.2) is 59.6 Å². The van der Waals surface area contributed by atoms with Gasteiger partial charge in [-0.15, -0.1) is 0 Å². The highest BCUT2D eigenvalue weighted by atomic mass is 16.7. The van der Waals surface area contributed by atoms with E-state index in [1.807, 2.05) is 0 Å². The van der Waals surface area contributed by atoms with E-state index in [4.69, 9.17) is 21.4 Å². The fourth-order valence-electron chi connectivity index (χ4n) is 4.20. The Morgan fingerprint density at radius 1 is 0.800 bits per heavy atom. The summed E-state index contributed by atoms with van der Waals surface area (Å²) in [4.78, 5) is 21.5. The Kier molecular flexibility index (Phi) is 23.4. The minimum atomic E-state index is -0.932. The molecule has 0 radical (unpaired) electrons. The van der Waals surface area contributed by atoms with Crippen LogP contribution in [0.15, 0.2) is 4.99 Å². The molecule has 6 N–H and O–H groups in total. The first kappa shape index (κ1) is 33.6. The quantitative estimate of drug-likeness (QED) is 0.0553. The van der Waals surface area contributed by atoms with Crippen molar-refractivity contribution in [3.05, 3.63) is 0 Å². The Hall–Kier alpha value is -1.38. The van der Waals surface area contributed by atoms with Crippen LogP contribution in [0.2, 0.25) is 0 Å².